The molecule has 6 rings (SSSR count). The normalized spacial score (nSPS) is 27.0. The Balaban J connectivity index is 1.28. The SMILES string of the molecule is O=C(NC1(c2ccccn2)CCC1)c1nn(CC2CCOCC2)c2c1C[C@H]1C[C@@H]21. The van der Waals surface area contributed by atoms with Crippen LogP contribution in [-0.4, -0.2) is 33.9 Å². The standard InChI is InChI=1S/C23H28N4O2/c28-22(25-23(7-3-8-23)19-4-1-2-9-24-19)20-18-13-16-12-17(16)21(18)27(26-20)14-15-5-10-29-11-6-15/h1-2,4,9,15-17H,3,5-8,10-14H2,(H,25,28)/t16-,17-/m1/s1. The Bertz CT molecular complexity index is 928. The predicted octanol–water partition coefficient (Wildman–Crippen LogP) is 3.17. The van der Waals surface area contributed by atoms with Crippen molar-refractivity contribution < 1.29 is 9.53 Å². The lowest BCUT2D eigenvalue weighted by Gasteiger charge is -2.41. The van der Waals surface area contributed by atoms with Gasteiger partial charge in [0, 0.05) is 43.1 Å². The maximum atomic E-state index is 13.4. The second kappa shape index (κ2) is 6.66. The van der Waals surface area contributed by atoms with Gasteiger partial charge in [-0.15, -0.1) is 0 Å². The van der Waals surface area contributed by atoms with E-state index in [0.717, 1.165) is 69.9 Å². The first-order valence-electron chi connectivity index (χ1n) is 11.1. The number of nitrogens with one attached hydrogen (secondary N) is 1. The first kappa shape index (κ1) is 17.6. The minimum absolute atomic E-state index is 0.0152. The van der Waals surface area contributed by atoms with Crippen molar-refractivity contribution in [2.45, 2.75) is 62.9 Å². The first-order chi connectivity index (χ1) is 14.2. The van der Waals surface area contributed by atoms with Crippen LogP contribution in [0.2, 0.25) is 0 Å². The van der Waals surface area contributed by atoms with Crippen molar-refractivity contribution in [3.8, 4) is 0 Å². The van der Waals surface area contributed by atoms with Gasteiger partial charge in [0.2, 0.25) is 0 Å². The molecular formula is C23H28N4O2. The summed E-state index contributed by atoms with van der Waals surface area (Å²) in [6.45, 7) is 2.62. The van der Waals surface area contributed by atoms with E-state index in [0.29, 0.717) is 17.5 Å². The topological polar surface area (TPSA) is 69.0 Å². The van der Waals surface area contributed by atoms with Crippen LogP contribution < -0.4 is 5.32 Å². The zero-order valence-electron chi connectivity index (χ0n) is 16.8. The molecule has 4 aliphatic rings. The maximum absolute atomic E-state index is 13.4. The maximum Gasteiger partial charge on any atom is 0.272 e. The number of nitrogens with zero attached hydrogens (tertiary/aromatic N) is 3. The summed E-state index contributed by atoms with van der Waals surface area (Å²) in [5.74, 6) is 1.96. The van der Waals surface area contributed by atoms with Crippen molar-refractivity contribution in [1.29, 1.82) is 0 Å². The lowest BCUT2D eigenvalue weighted by atomic mass is 9.74. The van der Waals surface area contributed by atoms with Crippen molar-refractivity contribution in [1.82, 2.24) is 20.1 Å². The number of carbonyl (C=O) groups excluding carboxylic acids is 1. The summed E-state index contributed by atoms with van der Waals surface area (Å²) in [5, 5.41) is 8.22. The molecule has 2 atom stereocenters. The van der Waals surface area contributed by atoms with Crippen molar-refractivity contribution >= 4 is 5.91 Å². The fourth-order valence-corrected chi connectivity index (χ4v) is 5.59. The minimum atomic E-state index is -0.322. The molecule has 1 aliphatic heterocycles. The quantitative estimate of drug-likeness (QED) is 0.849. The van der Waals surface area contributed by atoms with Crippen molar-refractivity contribution in [2.75, 3.05) is 13.2 Å². The van der Waals surface area contributed by atoms with Crippen molar-refractivity contribution in [3.05, 3.63) is 47.0 Å². The molecule has 2 aromatic heterocycles. The van der Waals surface area contributed by atoms with Crippen LogP contribution in [0.25, 0.3) is 0 Å². The molecule has 1 saturated heterocycles. The second-order valence-electron chi connectivity index (χ2n) is 9.36. The Morgan fingerprint density at radius 3 is 2.86 bits per heavy atom. The average molecular weight is 393 g/mol. The molecule has 0 aromatic carbocycles. The van der Waals surface area contributed by atoms with Crippen LogP contribution in [0.4, 0.5) is 0 Å². The summed E-state index contributed by atoms with van der Waals surface area (Å²) in [6.07, 6.45) is 9.31. The Morgan fingerprint density at radius 1 is 1.28 bits per heavy atom. The number of fused-ring (bicyclic) bond motifs is 3. The van der Waals surface area contributed by atoms with Gasteiger partial charge in [-0.2, -0.15) is 5.10 Å². The molecule has 0 bridgehead atoms. The van der Waals surface area contributed by atoms with Crippen LogP contribution in [0.5, 0.6) is 0 Å². The van der Waals surface area contributed by atoms with Crippen LogP contribution in [0.3, 0.4) is 0 Å². The molecule has 2 saturated carbocycles. The van der Waals surface area contributed by atoms with Gasteiger partial charge in [0.05, 0.1) is 11.2 Å². The zero-order chi connectivity index (χ0) is 19.4. The molecule has 6 heteroatoms. The van der Waals surface area contributed by atoms with Gasteiger partial charge >= 0.3 is 0 Å². The van der Waals surface area contributed by atoms with Crippen molar-refractivity contribution in [3.63, 3.8) is 0 Å². The molecule has 3 fully saturated rings. The fourth-order valence-electron chi connectivity index (χ4n) is 5.59. The number of pyridine rings is 1. The fraction of sp³-hybridized carbons (Fsp3) is 0.609. The number of rotatable bonds is 5. The lowest BCUT2D eigenvalue weighted by Crippen LogP contribution is -2.51. The number of carbonyl (C=O) groups is 1. The summed E-state index contributed by atoms with van der Waals surface area (Å²) in [5.41, 5.74) is 3.89. The predicted molar refractivity (Wildman–Crippen MR) is 108 cm³/mol. The summed E-state index contributed by atoms with van der Waals surface area (Å²) >= 11 is 0. The van der Waals surface area contributed by atoms with E-state index in [1.807, 2.05) is 24.4 Å². The van der Waals surface area contributed by atoms with Gasteiger partial charge in [0.15, 0.2) is 5.69 Å². The van der Waals surface area contributed by atoms with E-state index in [2.05, 4.69) is 15.0 Å². The Labute approximate surface area is 171 Å². The van der Waals surface area contributed by atoms with E-state index in [9.17, 15) is 4.79 Å². The molecule has 152 valence electrons. The number of hydrogen-bond donors (Lipinski definition) is 1. The molecule has 1 N–H and O–H groups in total. The van der Waals surface area contributed by atoms with Crippen LogP contribution in [0.15, 0.2) is 24.4 Å². The van der Waals surface area contributed by atoms with E-state index in [1.165, 1.54) is 17.7 Å². The zero-order valence-corrected chi connectivity index (χ0v) is 16.8. The number of amides is 1. The van der Waals surface area contributed by atoms with Gasteiger partial charge in [0.1, 0.15) is 0 Å². The van der Waals surface area contributed by atoms with E-state index >= 15 is 0 Å². The third-order valence-electron chi connectivity index (χ3n) is 7.54. The van der Waals surface area contributed by atoms with Crippen LogP contribution >= 0.6 is 0 Å². The molecule has 3 heterocycles. The Kier molecular flexibility index (Phi) is 4.05. The lowest BCUT2D eigenvalue weighted by molar-refractivity contribution is 0.0597. The minimum Gasteiger partial charge on any atom is -0.381 e. The van der Waals surface area contributed by atoms with E-state index in [1.54, 1.807) is 0 Å². The first-order valence-corrected chi connectivity index (χ1v) is 11.1. The third-order valence-corrected chi connectivity index (χ3v) is 7.54. The van der Waals surface area contributed by atoms with Crippen LogP contribution in [-0.2, 0) is 23.2 Å². The van der Waals surface area contributed by atoms with Gasteiger partial charge in [-0.05, 0) is 68.9 Å². The van der Waals surface area contributed by atoms with E-state index in [4.69, 9.17) is 9.84 Å². The molecule has 0 unspecified atom stereocenters. The van der Waals surface area contributed by atoms with Crippen LogP contribution in [0, 0.1) is 11.8 Å². The highest BCUT2D eigenvalue weighted by molar-refractivity contribution is 5.95. The Morgan fingerprint density at radius 2 is 2.14 bits per heavy atom. The molecule has 1 amide bonds. The summed E-state index contributed by atoms with van der Waals surface area (Å²) in [7, 11) is 0. The highest BCUT2D eigenvalue weighted by Gasteiger charge is 2.51. The smallest absolute Gasteiger partial charge is 0.272 e. The number of hydrogen-bond acceptors (Lipinski definition) is 4. The molecule has 29 heavy (non-hydrogen) atoms. The molecule has 0 radical (unpaired) electrons. The summed E-state index contributed by atoms with van der Waals surface area (Å²) in [4.78, 5) is 17.9. The van der Waals surface area contributed by atoms with Crippen LogP contribution in [0.1, 0.15) is 71.9 Å². The van der Waals surface area contributed by atoms with Gasteiger partial charge in [-0.1, -0.05) is 6.07 Å². The highest BCUT2D eigenvalue weighted by Crippen LogP contribution is 2.57. The molecular weight excluding hydrogens is 364 g/mol. The summed E-state index contributed by atoms with van der Waals surface area (Å²) in [6, 6.07) is 5.96. The van der Waals surface area contributed by atoms with Gasteiger partial charge < -0.3 is 10.1 Å². The largest absolute Gasteiger partial charge is 0.381 e. The number of aromatic nitrogens is 3. The third kappa shape index (κ3) is 2.91. The average Bonchev–Trinajstić information content (AvgIpc) is 3.24. The highest BCUT2D eigenvalue weighted by atomic mass is 16.5. The number of ether oxygens (including phenoxy) is 1. The molecule has 0 spiro atoms. The van der Waals surface area contributed by atoms with Gasteiger partial charge in [-0.3, -0.25) is 14.5 Å². The Hall–Kier alpha value is -2.21. The van der Waals surface area contributed by atoms with E-state index in [-0.39, 0.29) is 11.4 Å². The van der Waals surface area contributed by atoms with Gasteiger partial charge in [0.25, 0.3) is 5.91 Å². The summed E-state index contributed by atoms with van der Waals surface area (Å²) < 4.78 is 7.71. The molecule has 3 aliphatic carbocycles. The van der Waals surface area contributed by atoms with Crippen molar-refractivity contribution in [2.24, 2.45) is 11.8 Å². The monoisotopic (exact) mass is 392 g/mol. The molecule has 2 aromatic rings. The van der Waals surface area contributed by atoms with Gasteiger partial charge in [-0.25, -0.2) is 0 Å². The van der Waals surface area contributed by atoms with E-state index < -0.39 is 0 Å². The second-order valence-corrected chi connectivity index (χ2v) is 9.36. The molecule has 6 nitrogen and oxygen atoms in total.